The number of carbonyl (C=O) groups excluding carboxylic acids is 2. The summed E-state index contributed by atoms with van der Waals surface area (Å²) in [5.41, 5.74) is 1.85. The van der Waals surface area contributed by atoms with E-state index in [0.717, 1.165) is 11.3 Å². The van der Waals surface area contributed by atoms with Crippen molar-refractivity contribution in [2.24, 2.45) is 5.92 Å². The number of nitrogens with one attached hydrogen (secondary N) is 1. The molecule has 1 N–H and O–H groups in total. The molecule has 1 aliphatic rings. The van der Waals surface area contributed by atoms with Crippen LogP contribution in [-0.4, -0.2) is 24.1 Å². The van der Waals surface area contributed by atoms with E-state index in [-0.39, 0.29) is 11.8 Å². The summed E-state index contributed by atoms with van der Waals surface area (Å²) in [5, 5.41) is 2.71. The van der Waals surface area contributed by atoms with Gasteiger partial charge in [-0.15, -0.1) is 6.58 Å². The summed E-state index contributed by atoms with van der Waals surface area (Å²) >= 11 is 0. The molecule has 1 atom stereocenters. The Morgan fingerprint density at radius 2 is 2.13 bits per heavy atom. The number of amides is 2. The van der Waals surface area contributed by atoms with Crippen molar-refractivity contribution in [2.45, 2.75) is 39.7 Å². The molecule has 0 spiro atoms. The highest BCUT2D eigenvalue weighted by Gasteiger charge is 2.29. The first-order valence-electron chi connectivity index (χ1n) is 7.73. The molecule has 2 amide bonds. The monoisotopic (exact) mass is 316 g/mol. The third kappa shape index (κ3) is 4.34. The molecule has 5 heteroatoms. The highest BCUT2D eigenvalue weighted by atomic mass is 16.6. The molecule has 1 fully saturated rings. The van der Waals surface area contributed by atoms with E-state index in [4.69, 9.17) is 4.74 Å². The minimum absolute atomic E-state index is 0.0763. The third-order valence-electron chi connectivity index (χ3n) is 3.63. The summed E-state index contributed by atoms with van der Waals surface area (Å²) in [4.78, 5) is 25.8. The highest BCUT2D eigenvalue weighted by molar-refractivity contribution is 5.97. The topological polar surface area (TPSA) is 58.6 Å². The first-order valence-corrected chi connectivity index (χ1v) is 7.73. The van der Waals surface area contributed by atoms with Crippen molar-refractivity contribution < 1.29 is 14.3 Å². The van der Waals surface area contributed by atoms with Gasteiger partial charge in [0.15, 0.2) is 0 Å². The average Bonchev–Trinajstić information content (AvgIpc) is 2.80. The number of hydrogen-bond acceptors (Lipinski definition) is 3. The lowest BCUT2D eigenvalue weighted by Crippen LogP contribution is -2.28. The third-order valence-corrected chi connectivity index (χ3v) is 3.63. The molecule has 0 aromatic heterocycles. The molecule has 2 rings (SSSR count). The Hall–Kier alpha value is -2.30. The first kappa shape index (κ1) is 17.1. The number of rotatable bonds is 3. The summed E-state index contributed by atoms with van der Waals surface area (Å²) in [6.45, 7) is 11.8. The number of hydrogen-bond donors (Lipinski definition) is 1. The molecule has 23 heavy (non-hydrogen) atoms. The number of benzene rings is 1. The second-order valence-electron chi connectivity index (χ2n) is 6.83. The van der Waals surface area contributed by atoms with Gasteiger partial charge in [0.05, 0.1) is 0 Å². The van der Waals surface area contributed by atoms with Gasteiger partial charge in [0.1, 0.15) is 5.60 Å². The van der Waals surface area contributed by atoms with Gasteiger partial charge in [-0.3, -0.25) is 10.1 Å². The quantitative estimate of drug-likeness (QED) is 0.861. The van der Waals surface area contributed by atoms with Crippen LogP contribution in [0.4, 0.5) is 16.2 Å². The Kier molecular flexibility index (Phi) is 4.78. The van der Waals surface area contributed by atoms with E-state index in [0.29, 0.717) is 18.7 Å². The minimum Gasteiger partial charge on any atom is -0.444 e. The zero-order valence-corrected chi connectivity index (χ0v) is 14.2. The van der Waals surface area contributed by atoms with Gasteiger partial charge in [0, 0.05) is 30.3 Å². The van der Waals surface area contributed by atoms with E-state index >= 15 is 0 Å². The van der Waals surface area contributed by atoms with E-state index in [1.807, 2.05) is 45.9 Å². The van der Waals surface area contributed by atoms with Gasteiger partial charge in [-0.25, -0.2) is 4.79 Å². The number of anilines is 2. The lowest BCUT2D eigenvalue weighted by atomic mass is 10.1. The molecule has 0 bridgehead atoms. The van der Waals surface area contributed by atoms with Crippen LogP contribution in [0, 0.1) is 12.8 Å². The molecule has 0 radical (unpaired) electrons. The Morgan fingerprint density at radius 1 is 1.43 bits per heavy atom. The number of carbonyl (C=O) groups is 2. The Morgan fingerprint density at radius 3 is 2.70 bits per heavy atom. The van der Waals surface area contributed by atoms with Crippen LogP contribution < -0.4 is 10.2 Å². The molecular formula is C18H24N2O3. The standard InChI is InChI=1S/C18H24N2O3/c1-6-13-9-16(21)20(11-13)15-10-14(8-7-12(15)2)19-17(22)23-18(3,4)5/h6-8,10,13H,1,9,11H2,2-5H3,(H,19,22). The first-order chi connectivity index (χ1) is 10.7. The van der Waals surface area contributed by atoms with Gasteiger partial charge < -0.3 is 9.64 Å². The molecule has 1 aromatic rings. The summed E-state index contributed by atoms with van der Waals surface area (Å²) in [6.07, 6.45) is 1.78. The van der Waals surface area contributed by atoms with Crippen molar-refractivity contribution in [1.29, 1.82) is 0 Å². The van der Waals surface area contributed by atoms with E-state index < -0.39 is 11.7 Å². The van der Waals surface area contributed by atoms with E-state index in [2.05, 4.69) is 11.9 Å². The van der Waals surface area contributed by atoms with Crippen LogP contribution in [-0.2, 0) is 9.53 Å². The van der Waals surface area contributed by atoms with Crippen LogP contribution in [0.3, 0.4) is 0 Å². The Labute approximate surface area is 137 Å². The molecule has 1 saturated heterocycles. The second kappa shape index (κ2) is 6.44. The number of nitrogens with zero attached hydrogens (tertiary/aromatic N) is 1. The van der Waals surface area contributed by atoms with Crippen LogP contribution in [0.2, 0.25) is 0 Å². The lowest BCUT2D eigenvalue weighted by molar-refractivity contribution is -0.117. The zero-order valence-electron chi connectivity index (χ0n) is 14.2. The van der Waals surface area contributed by atoms with Crippen molar-refractivity contribution >= 4 is 23.4 Å². The molecule has 1 heterocycles. The van der Waals surface area contributed by atoms with Gasteiger partial charge in [0.2, 0.25) is 5.91 Å². The molecule has 1 aliphatic heterocycles. The smallest absolute Gasteiger partial charge is 0.412 e. The predicted octanol–water partition coefficient (Wildman–Crippen LogP) is 3.88. The van der Waals surface area contributed by atoms with Gasteiger partial charge in [-0.1, -0.05) is 12.1 Å². The lowest BCUT2D eigenvalue weighted by Gasteiger charge is -2.22. The SMILES string of the molecule is C=CC1CC(=O)N(c2cc(NC(=O)OC(C)(C)C)ccc2C)C1. The predicted molar refractivity (Wildman–Crippen MR) is 91.7 cm³/mol. The van der Waals surface area contributed by atoms with Crippen LogP contribution in [0.15, 0.2) is 30.9 Å². The molecular weight excluding hydrogens is 292 g/mol. The molecule has 5 nitrogen and oxygen atoms in total. The average molecular weight is 316 g/mol. The van der Waals surface area contributed by atoms with Crippen molar-refractivity contribution in [3.63, 3.8) is 0 Å². The van der Waals surface area contributed by atoms with Crippen molar-refractivity contribution in [3.05, 3.63) is 36.4 Å². The second-order valence-corrected chi connectivity index (χ2v) is 6.83. The van der Waals surface area contributed by atoms with E-state index in [1.165, 1.54) is 0 Å². The maximum atomic E-state index is 12.2. The van der Waals surface area contributed by atoms with Crippen molar-refractivity contribution in [2.75, 3.05) is 16.8 Å². The van der Waals surface area contributed by atoms with Crippen LogP contribution in [0.1, 0.15) is 32.8 Å². The summed E-state index contributed by atoms with van der Waals surface area (Å²) in [6, 6.07) is 5.49. The van der Waals surface area contributed by atoms with Gasteiger partial charge in [0.25, 0.3) is 0 Å². The summed E-state index contributed by atoms with van der Waals surface area (Å²) < 4.78 is 5.25. The van der Waals surface area contributed by atoms with Gasteiger partial charge >= 0.3 is 6.09 Å². The molecule has 1 unspecified atom stereocenters. The van der Waals surface area contributed by atoms with Crippen LogP contribution in [0.25, 0.3) is 0 Å². The fourth-order valence-corrected chi connectivity index (χ4v) is 2.53. The molecule has 0 saturated carbocycles. The molecule has 0 aliphatic carbocycles. The largest absolute Gasteiger partial charge is 0.444 e. The maximum absolute atomic E-state index is 12.2. The van der Waals surface area contributed by atoms with Gasteiger partial charge in [-0.2, -0.15) is 0 Å². The summed E-state index contributed by atoms with van der Waals surface area (Å²) in [5.74, 6) is 0.247. The highest BCUT2D eigenvalue weighted by Crippen LogP contribution is 2.30. The van der Waals surface area contributed by atoms with Crippen molar-refractivity contribution in [1.82, 2.24) is 0 Å². The maximum Gasteiger partial charge on any atom is 0.412 e. The number of ether oxygens (including phenoxy) is 1. The minimum atomic E-state index is -0.556. The fraction of sp³-hybridized carbons (Fsp3) is 0.444. The fourth-order valence-electron chi connectivity index (χ4n) is 2.53. The zero-order chi connectivity index (χ0) is 17.2. The van der Waals surface area contributed by atoms with Crippen molar-refractivity contribution in [3.8, 4) is 0 Å². The summed E-state index contributed by atoms with van der Waals surface area (Å²) in [7, 11) is 0. The Balaban J connectivity index is 2.18. The number of aryl methyl sites for hydroxylation is 1. The van der Waals surface area contributed by atoms with E-state index in [1.54, 1.807) is 11.0 Å². The normalized spacial score (nSPS) is 18.0. The van der Waals surface area contributed by atoms with Crippen LogP contribution in [0.5, 0.6) is 0 Å². The van der Waals surface area contributed by atoms with Crippen LogP contribution >= 0.6 is 0 Å². The Bertz CT molecular complexity index is 632. The van der Waals surface area contributed by atoms with Gasteiger partial charge in [-0.05, 0) is 45.4 Å². The molecule has 1 aromatic carbocycles. The van der Waals surface area contributed by atoms with E-state index in [9.17, 15) is 9.59 Å². The molecule has 124 valence electrons.